The van der Waals surface area contributed by atoms with Crippen LogP contribution in [0, 0.1) is 0 Å². The first-order valence-electron chi connectivity index (χ1n) is 11.1. The van der Waals surface area contributed by atoms with Crippen LogP contribution < -0.4 is 0 Å². The van der Waals surface area contributed by atoms with Crippen molar-refractivity contribution in [1.29, 1.82) is 0 Å². The lowest BCUT2D eigenvalue weighted by Gasteiger charge is -2.48. The van der Waals surface area contributed by atoms with Crippen LogP contribution in [0.1, 0.15) is 6.92 Å². The molecule has 0 bridgehead atoms. The molecule has 0 aromatic rings. The summed E-state index contributed by atoms with van der Waals surface area (Å²) in [4.78, 5) is 11.3. The van der Waals surface area contributed by atoms with Gasteiger partial charge in [-0.15, -0.1) is 0 Å². The summed E-state index contributed by atoms with van der Waals surface area (Å²) in [5.74, 6) is -111. The summed E-state index contributed by atoms with van der Waals surface area (Å²) >= 11 is 0. The summed E-state index contributed by atoms with van der Waals surface area (Å²) in [6.07, 6.45) is -26.0. The topological polar surface area (TPSA) is 26.3 Å². The second kappa shape index (κ2) is 12.0. The van der Waals surface area contributed by atoms with E-state index in [-0.39, 0.29) is 6.92 Å². The summed E-state index contributed by atoms with van der Waals surface area (Å²) < 4.78 is 421. The monoisotopic (exact) mass is 854 g/mol. The number of esters is 1. The van der Waals surface area contributed by atoms with Crippen LogP contribution in [0.15, 0.2) is 12.2 Å². The van der Waals surface area contributed by atoms with Crippen molar-refractivity contribution in [2.75, 3.05) is 0 Å². The van der Waals surface area contributed by atoms with E-state index in [2.05, 4.69) is 0 Å². The van der Waals surface area contributed by atoms with Gasteiger partial charge in [-0.3, -0.25) is 0 Å². The minimum atomic E-state index is -10.1. The SMILES string of the molecule is C=C(C)C(=O)OC(F)(C(F)(F)C(F)(F)C(F)(F)C(F)(F)C(F)(F)C(F)(F)C(F)(F)C(F)(F)C(F)(F)C(F)(F)F)C(F)(F)C(F)(C(F)(F)F)C(F)(F)F. The van der Waals surface area contributed by atoms with Gasteiger partial charge in [0.15, 0.2) is 0 Å². The molecule has 0 aliphatic rings. The molecule has 0 rings (SSSR count). The zero-order valence-corrected chi connectivity index (χ0v) is 22.7. The van der Waals surface area contributed by atoms with E-state index in [9.17, 15) is 137 Å². The van der Waals surface area contributed by atoms with Gasteiger partial charge in [-0.2, -0.15) is 132 Å². The minimum Gasteiger partial charge on any atom is -0.413 e. The molecular formula is C19H5F31O2. The molecule has 33 heteroatoms. The lowest BCUT2D eigenvalue weighted by Crippen LogP contribution is -2.81. The third kappa shape index (κ3) is 5.72. The van der Waals surface area contributed by atoms with E-state index in [1.807, 2.05) is 11.3 Å². The Morgan fingerprint density at radius 3 is 0.750 bits per heavy atom. The Hall–Kier alpha value is -2.96. The molecule has 52 heavy (non-hydrogen) atoms. The van der Waals surface area contributed by atoms with E-state index in [0.717, 1.165) is 0 Å². The standard InChI is InChI=1S/C19H5F31O2/c1-3(2)4(51)52-16(41,6(21,22)5(20,17(42,43)44)18(45,46)47)14(37,38)12(33,34)10(29,30)8(25,26)7(23,24)9(27,28)11(31,32)13(35,36)15(39,40)19(48,49)50/h1H2,2H3. The van der Waals surface area contributed by atoms with Crippen LogP contribution in [-0.4, -0.2) is 95.2 Å². The number of alkyl halides is 31. The zero-order chi connectivity index (χ0) is 43.4. The van der Waals surface area contributed by atoms with Crippen molar-refractivity contribution in [1.82, 2.24) is 0 Å². The fourth-order valence-electron chi connectivity index (χ4n) is 3.04. The Kier molecular flexibility index (Phi) is 11.3. The van der Waals surface area contributed by atoms with Crippen molar-refractivity contribution in [2.45, 2.75) is 96.2 Å². The van der Waals surface area contributed by atoms with Crippen LogP contribution in [0.2, 0.25) is 0 Å². The molecule has 0 N–H and O–H groups in total. The molecule has 0 heterocycles. The summed E-state index contributed by atoms with van der Waals surface area (Å²) in [5.41, 5.74) is -11.6. The van der Waals surface area contributed by atoms with Gasteiger partial charge in [0.1, 0.15) is 0 Å². The number of carbonyl (C=O) groups excluding carboxylic acids is 1. The van der Waals surface area contributed by atoms with E-state index in [1.54, 1.807) is 0 Å². The van der Waals surface area contributed by atoms with Gasteiger partial charge in [-0.25, -0.2) is 9.18 Å². The molecule has 0 radical (unpaired) electrons. The molecule has 310 valence electrons. The van der Waals surface area contributed by atoms with Crippen LogP contribution in [-0.2, 0) is 9.53 Å². The average molecular weight is 854 g/mol. The fourth-order valence-corrected chi connectivity index (χ4v) is 3.04. The number of hydrogen-bond donors (Lipinski definition) is 0. The summed E-state index contributed by atoms with van der Waals surface area (Å²) in [6, 6.07) is 0. The quantitative estimate of drug-likeness (QED) is 0.105. The minimum absolute atomic E-state index is 0.308. The van der Waals surface area contributed by atoms with Crippen molar-refractivity contribution < 1.29 is 146 Å². The smallest absolute Gasteiger partial charge is 0.413 e. The van der Waals surface area contributed by atoms with Crippen LogP contribution in [0.25, 0.3) is 0 Å². The molecule has 1 unspecified atom stereocenters. The Morgan fingerprint density at radius 2 is 0.558 bits per heavy atom. The van der Waals surface area contributed by atoms with E-state index in [4.69, 9.17) is 0 Å². The Balaban J connectivity index is 8.27. The normalized spacial score (nSPS) is 17.5. The number of hydrogen-bond acceptors (Lipinski definition) is 2. The second-order valence-electron chi connectivity index (χ2n) is 9.66. The number of halogens is 31. The van der Waals surface area contributed by atoms with Crippen LogP contribution >= 0.6 is 0 Å². The number of rotatable bonds is 13. The van der Waals surface area contributed by atoms with E-state index < -0.39 is 101 Å². The molecule has 0 aliphatic carbocycles. The maximum atomic E-state index is 15.0. The molecule has 0 saturated carbocycles. The Morgan fingerprint density at radius 1 is 0.346 bits per heavy atom. The molecule has 0 saturated heterocycles. The van der Waals surface area contributed by atoms with E-state index in [0.29, 0.717) is 0 Å². The average Bonchev–Trinajstić information content (AvgIpc) is 2.89. The van der Waals surface area contributed by atoms with Gasteiger partial charge < -0.3 is 4.74 Å². The predicted molar refractivity (Wildman–Crippen MR) is 96.2 cm³/mol. The highest BCUT2D eigenvalue weighted by Gasteiger charge is 3.02. The Labute approximate surface area is 261 Å². The largest absolute Gasteiger partial charge is 0.460 e. The Bertz CT molecular complexity index is 1350. The molecular weight excluding hydrogens is 849 g/mol. The van der Waals surface area contributed by atoms with Crippen molar-refractivity contribution in [3.63, 3.8) is 0 Å². The van der Waals surface area contributed by atoms with Crippen molar-refractivity contribution >= 4 is 5.97 Å². The third-order valence-electron chi connectivity index (χ3n) is 6.11. The first-order chi connectivity index (χ1) is 21.8. The summed E-state index contributed by atoms with van der Waals surface area (Å²) in [5, 5.41) is 0. The zero-order valence-electron chi connectivity index (χ0n) is 22.7. The number of ether oxygens (including phenoxy) is 1. The van der Waals surface area contributed by atoms with Gasteiger partial charge >= 0.3 is 95.2 Å². The predicted octanol–water partition coefficient (Wildman–Crippen LogP) is 10.5. The van der Waals surface area contributed by atoms with E-state index in [1.165, 1.54) is 0 Å². The highest BCUT2D eigenvalue weighted by Crippen LogP contribution is 2.70. The summed E-state index contributed by atoms with van der Waals surface area (Å²) in [7, 11) is 0. The van der Waals surface area contributed by atoms with Crippen molar-refractivity contribution in [3.8, 4) is 0 Å². The first-order valence-corrected chi connectivity index (χ1v) is 11.1. The molecule has 0 aromatic carbocycles. The molecule has 1 atom stereocenters. The van der Waals surface area contributed by atoms with Gasteiger partial charge in [0.2, 0.25) is 0 Å². The fraction of sp³-hybridized carbons (Fsp3) is 0.842. The third-order valence-corrected chi connectivity index (χ3v) is 6.11. The first kappa shape index (κ1) is 49.0. The lowest BCUT2D eigenvalue weighted by atomic mass is 9.80. The van der Waals surface area contributed by atoms with Gasteiger partial charge in [0, 0.05) is 5.57 Å². The summed E-state index contributed by atoms with van der Waals surface area (Å²) in [6.45, 7) is 1.68. The van der Waals surface area contributed by atoms with E-state index >= 15 is 4.39 Å². The molecule has 0 aliphatic heterocycles. The van der Waals surface area contributed by atoms with Gasteiger partial charge in [0.25, 0.3) is 0 Å². The molecule has 0 amide bonds. The molecule has 0 spiro atoms. The van der Waals surface area contributed by atoms with Crippen molar-refractivity contribution in [2.24, 2.45) is 0 Å². The maximum absolute atomic E-state index is 15.0. The number of carbonyl (C=O) groups is 1. The molecule has 0 fully saturated rings. The maximum Gasteiger partial charge on any atom is 0.460 e. The molecule has 0 aromatic heterocycles. The highest BCUT2D eigenvalue weighted by molar-refractivity contribution is 5.87. The molecule has 2 nitrogen and oxygen atoms in total. The van der Waals surface area contributed by atoms with Crippen LogP contribution in [0.4, 0.5) is 136 Å². The van der Waals surface area contributed by atoms with Crippen LogP contribution in [0.3, 0.4) is 0 Å². The van der Waals surface area contributed by atoms with Crippen LogP contribution in [0.5, 0.6) is 0 Å². The lowest BCUT2D eigenvalue weighted by molar-refractivity contribution is -0.499. The van der Waals surface area contributed by atoms with Gasteiger partial charge in [0.05, 0.1) is 0 Å². The van der Waals surface area contributed by atoms with Gasteiger partial charge in [-0.1, -0.05) is 6.58 Å². The highest BCUT2D eigenvalue weighted by atomic mass is 19.4. The second-order valence-corrected chi connectivity index (χ2v) is 9.66. The van der Waals surface area contributed by atoms with Crippen molar-refractivity contribution in [3.05, 3.63) is 12.2 Å². The van der Waals surface area contributed by atoms with Gasteiger partial charge in [-0.05, 0) is 6.92 Å².